The Morgan fingerprint density at radius 2 is 2.27 bits per heavy atom. The molecule has 1 saturated heterocycles. The zero-order chi connectivity index (χ0) is 7.90. The van der Waals surface area contributed by atoms with E-state index in [0.29, 0.717) is 0 Å². The topological polar surface area (TPSA) is 35.3 Å². The minimum Gasteiger partial charge on any atom is -0.379 e. The fourth-order valence-corrected chi connectivity index (χ4v) is 1.42. The van der Waals surface area contributed by atoms with Gasteiger partial charge in [0, 0.05) is 5.56 Å². The summed E-state index contributed by atoms with van der Waals surface area (Å²) in [6.07, 6.45) is 1.68. The molecular formula is C8H11NO2. The normalized spacial score (nSPS) is 21.3. The van der Waals surface area contributed by atoms with Crippen LogP contribution >= 0.6 is 0 Å². The molecule has 0 aromatic carbocycles. The Hall–Kier alpha value is -0.830. The van der Waals surface area contributed by atoms with E-state index < -0.39 is 0 Å². The van der Waals surface area contributed by atoms with E-state index >= 15 is 0 Å². The van der Waals surface area contributed by atoms with Crippen molar-refractivity contribution in [1.82, 2.24) is 5.16 Å². The average Bonchev–Trinajstić information content (AvgIpc) is 2.30. The van der Waals surface area contributed by atoms with Crippen molar-refractivity contribution in [2.45, 2.75) is 19.3 Å². The zero-order valence-electron chi connectivity index (χ0n) is 6.76. The number of aromatic nitrogens is 1. The molecule has 0 spiro atoms. The predicted octanol–water partition coefficient (Wildman–Crippen LogP) is 1.27. The third-order valence-corrected chi connectivity index (χ3v) is 2.16. The Morgan fingerprint density at radius 1 is 1.55 bits per heavy atom. The van der Waals surface area contributed by atoms with E-state index in [0.717, 1.165) is 24.5 Å². The molecule has 0 atom stereocenters. The van der Waals surface area contributed by atoms with E-state index in [1.165, 1.54) is 0 Å². The quantitative estimate of drug-likeness (QED) is 0.609. The fraction of sp³-hybridized carbons (Fsp3) is 0.625. The van der Waals surface area contributed by atoms with Gasteiger partial charge in [0.1, 0.15) is 6.26 Å². The Kier molecular flexibility index (Phi) is 1.29. The number of aryl methyl sites for hydroxylation is 1. The number of rotatable bonds is 1. The Bertz CT molecular complexity index is 263. The van der Waals surface area contributed by atoms with Crippen molar-refractivity contribution in [1.29, 1.82) is 0 Å². The van der Waals surface area contributed by atoms with Gasteiger partial charge in [0.05, 0.1) is 24.3 Å². The highest BCUT2D eigenvalue weighted by atomic mass is 16.5. The van der Waals surface area contributed by atoms with Crippen LogP contribution in [0.4, 0.5) is 0 Å². The number of nitrogens with zero attached hydrogens (tertiary/aromatic N) is 1. The molecule has 1 aromatic heterocycles. The van der Waals surface area contributed by atoms with E-state index in [4.69, 9.17) is 9.26 Å². The molecule has 2 rings (SSSR count). The molecule has 0 N–H and O–H groups in total. The lowest BCUT2D eigenvalue weighted by molar-refractivity contribution is -0.0535. The Morgan fingerprint density at radius 3 is 2.64 bits per heavy atom. The highest BCUT2D eigenvalue weighted by Crippen LogP contribution is 2.32. The monoisotopic (exact) mass is 153 g/mol. The van der Waals surface area contributed by atoms with Crippen LogP contribution in [-0.4, -0.2) is 18.4 Å². The van der Waals surface area contributed by atoms with Crippen molar-refractivity contribution in [3.63, 3.8) is 0 Å². The van der Waals surface area contributed by atoms with E-state index in [9.17, 15) is 0 Å². The van der Waals surface area contributed by atoms with Gasteiger partial charge in [-0.25, -0.2) is 0 Å². The Labute approximate surface area is 65.3 Å². The van der Waals surface area contributed by atoms with E-state index in [1.54, 1.807) is 6.26 Å². The molecule has 3 nitrogen and oxygen atoms in total. The van der Waals surface area contributed by atoms with Gasteiger partial charge in [0.25, 0.3) is 0 Å². The standard InChI is InChI=1S/C8H11NO2/c1-6-3-11-9-7(6)8(2)4-10-5-8/h3H,4-5H2,1-2H3. The summed E-state index contributed by atoms with van der Waals surface area (Å²) in [7, 11) is 0. The minimum atomic E-state index is 0.108. The first kappa shape index (κ1) is 6.85. The van der Waals surface area contributed by atoms with Crippen LogP contribution in [0.1, 0.15) is 18.2 Å². The first-order chi connectivity index (χ1) is 5.22. The smallest absolute Gasteiger partial charge is 0.127 e. The maximum Gasteiger partial charge on any atom is 0.127 e. The molecular weight excluding hydrogens is 142 g/mol. The second kappa shape index (κ2) is 2.08. The molecule has 11 heavy (non-hydrogen) atoms. The number of ether oxygens (including phenoxy) is 1. The third-order valence-electron chi connectivity index (χ3n) is 2.16. The molecule has 0 radical (unpaired) electrons. The summed E-state index contributed by atoms with van der Waals surface area (Å²) in [5, 5.41) is 3.95. The summed E-state index contributed by atoms with van der Waals surface area (Å²) in [5.74, 6) is 0. The van der Waals surface area contributed by atoms with Crippen LogP contribution in [0.2, 0.25) is 0 Å². The Balaban J connectivity index is 2.35. The molecule has 1 aliphatic rings. The van der Waals surface area contributed by atoms with Gasteiger partial charge < -0.3 is 9.26 Å². The summed E-state index contributed by atoms with van der Waals surface area (Å²) in [6, 6.07) is 0. The van der Waals surface area contributed by atoms with Crippen LogP contribution in [0.15, 0.2) is 10.8 Å². The van der Waals surface area contributed by atoms with Gasteiger partial charge in [-0.15, -0.1) is 0 Å². The van der Waals surface area contributed by atoms with Crippen molar-refractivity contribution in [3.8, 4) is 0 Å². The predicted molar refractivity (Wildman–Crippen MR) is 39.4 cm³/mol. The van der Waals surface area contributed by atoms with Gasteiger partial charge in [0.2, 0.25) is 0 Å². The highest BCUT2D eigenvalue weighted by molar-refractivity contribution is 5.24. The summed E-state index contributed by atoms with van der Waals surface area (Å²) < 4.78 is 10.00. The van der Waals surface area contributed by atoms with Gasteiger partial charge in [-0.05, 0) is 13.8 Å². The zero-order valence-corrected chi connectivity index (χ0v) is 6.76. The largest absolute Gasteiger partial charge is 0.379 e. The van der Waals surface area contributed by atoms with Crippen LogP contribution in [0, 0.1) is 6.92 Å². The van der Waals surface area contributed by atoms with E-state index in [2.05, 4.69) is 12.1 Å². The molecule has 1 fully saturated rings. The molecule has 0 amide bonds. The maximum atomic E-state index is 5.14. The lowest BCUT2D eigenvalue weighted by Gasteiger charge is -2.36. The van der Waals surface area contributed by atoms with Crippen molar-refractivity contribution in [2.24, 2.45) is 0 Å². The summed E-state index contributed by atoms with van der Waals surface area (Å²) in [4.78, 5) is 0. The third kappa shape index (κ3) is 0.878. The summed E-state index contributed by atoms with van der Waals surface area (Å²) >= 11 is 0. The van der Waals surface area contributed by atoms with Crippen LogP contribution < -0.4 is 0 Å². The van der Waals surface area contributed by atoms with Crippen molar-refractivity contribution < 1.29 is 9.26 Å². The lowest BCUT2D eigenvalue weighted by atomic mass is 9.83. The van der Waals surface area contributed by atoms with E-state index in [-0.39, 0.29) is 5.41 Å². The lowest BCUT2D eigenvalue weighted by Crippen LogP contribution is -2.44. The second-order valence-corrected chi connectivity index (χ2v) is 3.40. The molecule has 1 aromatic rings. The minimum absolute atomic E-state index is 0.108. The van der Waals surface area contributed by atoms with Crippen LogP contribution in [0.5, 0.6) is 0 Å². The van der Waals surface area contributed by atoms with Crippen LogP contribution in [0.25, 0.3) is 0 Å². The van der Waals surface area contributed by atoms with Crippen molar-refractivity contribution >= 4 is 0 Å². The van der Waals surface area contributed by atoms with Crippen LogP contribution in [-0.2, 0) is 10.2 Å². The molecule has 2 heterocycles. The fourth-order valence-electron chi connectivity index (χ4n) is 1.42. The second-order valence-electron chi connectivity index (χ2n) is 3.40. The molecule has 0 unspecified atom stereocenters. The maximum absolute atomic E-state index is 5.14. The molecule has 1 aliphatic heterocycles. The first-order valence-electron chi connectivity index (χ1n) is 3.72. The molecule has 60 valence electrons. The van der Waals surface area contributed by atoms with Gasteiger partial charge in [0.15, 0.2) is 0 Å². The van der Waals surface area contributed by atoms with Crippen LogP contribution in [0.3, 0.4) is 0 Å². The highest BCUT2D eigenvalue weighted by Gasteiger charge is 2.38. The van der Waals surface area contributed by atoms with Gasteiger partial charge in [-0.1, -0.05) is 5.16 Å². The molecule has 0 bridgehead atoms. The summed E-state index contributed by atoms with van der Waals surface area (Å²) in [5.41, 5.74) is 2.27. The number of hydrogen-bond acceptors (Lipinski definition) is 3. The van der Waals surface area contributed by atoms with Crippen molar-refractivity contribution in [3.05, 3.63) is 17.5 Å². The van der Waals surface area contributed by atoms with E-state index in [1.807, 2.05) is 6.92 Å². The van der Waals surface area contributed by atoms with Gasteiger partial charge in [-0.2, -0.15) is 0 Å². The number of hydrogen-bond donors (Lipinski definition) is 0. The molecule has 0 saturated carbocycles. The molecule has 3 heteroatoms. The van der Waals surface area contributed by atoms with Gasteiger partial charge >= 0.3 is 0 Å². The van der Waals surface area contributed by atoms with Crippen molar-refractivity contribution in [2.75, 3.05) is 13.2 Å². The van der Waals surface area contributed by atoms with Gasteiger partial charge in [-0.3, -0.25) is 0 Å². The first-order valence-corrected chi connectivity index (χ1v) is 3.72. The molecule has 0 aliphatic carbocycles. The summed E-state index contributed by atoms with van der Waals surface area (Å²) in [6.45, 7) is 5.68. The SMILES string of the molecule is Cc1conc1C1(C)COC1. The average molecular weight is 153 g/mol.